The van der Waals surface area contributed by atoms with E-state index in [2.05, 4.69) is 10.4 Å². The van der Waals surface area contributed by atoms with Crippen LogP contribution in [-0.4, -0.2) is 114 Å². The lowest BCUT2D eigenvalue weighted by Crippen LogP contribution is -2.56. The van der Waals surface area contributed by atoms with Crippen molar-refractivity contribution in [2.45, 2.75) is 62.5 Å². The number of piperazine rings is 1. The lowest BCUT2D eigenvalue weighted by Gasteiger charge is -2.38. The zero-order valence-electron chi connectivity index (χ0n) is 26.0. The Labute approximate surface area is 270 Å². The summed E-state index contributed by atoms with van der Waals surface area (Å²) in [6.45, 7) is 4.35. The second-order valence-electron chi connectivity index (χ2n) is 11.0. The number of nitrogens with zero attached hydrogens (tertiary/aromatic N) is 4. The van der Waals surface area contributed by atoms with Crippen LogP contribution < -0.4 is 15.2 Å². The van der Waals surface area contributed by atoms with E-state index in [1.165, 1.54) is 44.8 Å². The Morgan fingerprint density at radius 3 is 2.15 bits per heavy atom. The second kappa shape index (κ2) is 14.8. The maximum absolute atomic E-state index is 13.6. The summed E-state index contributed by atoms with van der Waals surface area (Å²) >= 11 is 0. The molecule has 0 spiro atoms. The van der Waals surface area contributed by atoms with Crippen molar-refractivity contribution in [3.8, 4) is 11.6 Å². The van der Waals surface area contributed by atoms with Gasteiger partial charge in [0.05, 0.1) is 23.8 Å². The van der Waals surface area contributed by atoms with Crippen molar-refractivity contribution in [1.29, 1.82) is 0 Å². The molecule has 1 atom stereocenters. The van der Waals surface area contributed by atoms with Crippen molar-refractivity contribution in [1.82, 2.24) is 24.9 Å². The molecule has 4 rings (SSSR count). The minimum atomic E-state index is -4.00. The molecule has 2 heterocycles. The van der Waals surface area contributed by atoms with Crippen molar-refractivity contribution in [2.75, 3.05) is 39.4 Å². The molecule has 0 bridgehead atoms. The van der Waals surface area contributed by atoms with Gasteiger partial charge >= 0.3 is 18.0 Å². The summed E-state index contributed by atoms with van der Waals surface area (Å²) in [7, 11) is -4.00. The standard InChI is InChI=1S/C29H38N6O11S/c1-3-44-27(40)29(12-5-13-29)46-23-18-22(32-35(23)19-6-8-20(9-7-19)47(30,42)43)25(38)31-21(10-11-24(36)37)26(39)33-14-16-34(17-15-33)28(41)45-4-2/h6-9,18,21H,3-5,10-17H2,1-2H3,(H,31,38)(H,36,37)(H2,30,42,43)/t21-/m0/s1. The van der Waals surface area contributed by atoms with Gasteiger partial charge < -0.3 is 34.4 Å². The molecule has 2 fully saturated rings. The molecule has 256 valence electrons. The number of aliphatic carboxylic acids is 1. The van der Waals surface area contributed by atoms with Crippen molar-refractivity contribution in [3.05, 3.63) is 36.0 Å². The van der Waals surface area contributed by atoms with Gasteiger partial charge in [0.1, 0.15) is 6.04 Å². The molecule has 2 aliphatic rings. The first kappa shape index (κ1) is 35.1. The Morgan fingerprint density at radius 1 is 1.00 bits per heavy atom. The average molecular weight is 679 g/mol. The third kappa shape index (κ3) is 8.37. The van der Waals surface area contributed by atoms with E-state index in [0.29, 0.717) is 19.3 Å². The zero-order chi connectivity index (χ0) is 34.4. The molecule has 17 nitrogen and oxygen atoms in total. The number of nitrogens with two attached hydrogens (primary N) is 1. The lowest BCUT2D eigenvalue weighted by molar-refractivity contribution is -0.170. The molecule has 4 N–H and O–H groups in total. The number of esters is 1. The number of carboxylic acid groups (broad SMARTS) is 1. The van der Waals surface area contributed by atoms with Crippen LogP contribution in [0.2, 0.25) is 0 Å². The largest absolute Gasteiger partial charge is 0.481 e. The topological polar surface area (TPSA) is 230 Å². The van der Waals surface area contributed by atoms with Crippen LogP contribution in [0.15, 0.2) is 35.2 Å². The van der Waals surface area contributed by atoms with Crippen LogP contribution in [0.4, 0.5) is 4.79 Å². The van der Waals surface area contributed by atoms with E-state index in [1.54, 1.807) is 13.8 Å². The van der Waals surface area contributed by atoms with E-state index in [9.17, 15) is 37.5 Å². The number of hydrogen-bond donors (Lipinski definition) is 3. The zero-order valence-corrected chi connectivity index (χ0v) is 26.9. The number of nitrogens with one attached hydrogen (secondary N) is 1. The highest BCUT2D eigenvalue weighted by Gasteiger charge is 2.49. The summed E-state index contributed by atoms with van der Waals surface area (Å²) < 4.78 is 41.1. The highest BCUT2D eigenvalue weighted by atomic mass is 32.2. The number of aromatic nitrogens is 2. The molecule has 1 saturated carbocycles. The van der Waals surface area contributed by atoms with Crippen LogP contribution in [-0.2, 0) is 33.9 Å². The fourth-order valence-electron chi connectivity index (χ4n) is 5.12. The summed E-state index contributed by atoms with van der Waals surface area (Å²) in [5, 5.41) is 21.4. The second-order valence-corrected chi connectivity index (χ2v) is 12.5. The van der Waals surface area contributed by atoms with Crippen LogP contribution in [0, 0.1) is 0 Å². The van der Waals surface area contributed by atoms with Gasteiger partial charge in [-0.1, -0.05) is 0 Å². The lowest BCUT2D eigenvalue weighted by atomic mass is 9.80. The molecule has 1 aromatic carbocycles. The first-order valence-electron chi connectivity index (χ1n) is 15.1. The molecule has 3 amide bonds. The first-order chi connectivity index (χ1) is 22.3. The number of primary sulfonamides is 1. The maximum atomic E-state index is 13.6. The van der Waals surface area contributed by atoms with Gasteiger partial charge in [-0.2, -0.15) is 5.10 Å². The Balaban J connectivity index is 1.60. The molecule has 0 radical (unpaired) electrons. The maximum Gasteiger partial charge on any atom is 0.409 e. The highest BCUT2D eigenvalue weighted by Crippen LogP contribution is 2.38. The number of sulfonamides is 1. The van der Waals surface area contributed by atoms with E-state index in [-0.39, 0.29) is 68.0 Å². The fourth-order valence-corrected chi connectivity index (χ4v) is 5.64. The molecule has 1 saturated heterocycles. The van der Waals surface area contributed by atoms with Crippen molar-refractivity contribution in [3.63, 3.8) is 0 Å². The van der Waals surface area contributed by atoms with Crippen LogP contribution in [0.5, 0.6) is 5.88 Å². The normalized spacial score (nSPS) is 16.4. The quantitative estimate of drug-likeness (QED) is 0.248. The van der Waals surface area contributed by atoms with Crippen molar-refractivity contribution in [2.24, 2.45) is 5.14 Å². The summed E-state index contributed by atoms with van der Waals surface area (Å²) in [4.78, 5) is 66.0. The average Bonchev–Trinajstić information content (AvgIpc) is 3.44. The van der Waals surface area contributed by atoms with Crippen LogP contribution in [0.1, 0.15) is 56.4 Å². The molecule has 0 unspecified atom stereocenters. The summed E-state index contributed by atoms with van der Waals surface area (Å²) in [6.07, 6.45) is 0.236. The van der Waals surface area contributed by atoms with Crippen LogP contribution >= 0.6 is 0 Å². The molecular formula is C29H38N6O11S. The molecule has 1 aliphatic carbocycles. The van der Waals surface area contributed by atoms with E-state index in [0.717, 1.165) is 0 Å². The monoisotopic (exact) mass is 678 g/mol. The Kier molecular flexibility index (Phi) is 11.1. The first-order valence-corrected chi connectivity index (χ1v) is 16.6. The highest BCUT2D eigenvalue weighted by molar-refractivity contribution is 7.89. The number of benzene rings is 1. The van der Waals surface area contributed by atoms with Gasteiger partial charge in [0.15, 0.2) is 5.69 Å². The fraction of sp³-hybridized carbons (Fsp3) is 0.517. The Bertz CT molecular complexity index is 1600. The van der Waals surface area contributed by atoms with E-state index < -0.39 is 57.9 Å². The Hall–Kier alpha value is -4.71. The number of amides is 3. The van der Waals surface area contributed by atoms with Gasteiger partial charge in [0.25, 0.3) is 5.91 Å². The predicted molar refractivity (Wildman–Crippen MR) is 162 cm³/mol. The summed E-state index contributed by atoms with van der Waals surface area (Å²) in [5.74, 6) is -3.15. The summed E-state index contributed by atoms with van der Waals surface area (Å²) in [5.41, 5.74) is -1.29. The SMILES string of the molecule is CCOC(=O)N1CCN(C(=O)[C@H](CCC(=O)O)NC(=O)c2cc(OC3(C(=O)OCC)CCC3)n(-c3ccc(S(N)(=O)=O)cc3)n2)CC1. The van der Waals surface area contributed by atoms with Gasteiger partial charge in [-0.15, -0.1) is 0 Å². The van der Waals surface area contributed by atoms with Gasteiger partial charge in [-0.05, 0) is 63.8 Å². The van der Waals surface area contributed by atoms with E-state index in [1.807, 2.05) is 0 Å². The minimum absolute atomic E-state index is 0.0326. The number of carbonyl (C=O) groups is 5. The number of ether oxygens (including phenoxy) is 3. The number of hydrogen-bond acceptors (Lipinski definition) is 11. The van der Waals surface area contributed by atoms with Gasteiger partial charge in [0, 0.05) is 38.7 Å². The third-order valence-electron chi connectivity index (χ3n) is 7.80. The molecule has 18 heteroatoms. The summed E-state index contributed by atoms with van der Waals surface area (Å²) in [6, 6.07) is 5.26. The predicted octanol–water partition coefficient (Wildman–Crippen LogP) is 0.648. The molecular weight excluding hydrogens is 640 g/mol. The van der Waals surface area contributed by atoms with E-state index >= 15 is 0 Å². The van der Waals surface area contributed by atoms with Crippen LogP contribution in [0.3, 0.4) is 0 Å². The van der Waals surface area contributed by atoms with Gasteiger partial charge in [-0.3, -0.25) is 14.4 Å². The molecule has 2 aromatic rings. The van der Waals surface area contributed by atoms with Crippen molar-refractivity contribution >= 4 is 39.9 Å². The van der Waals surface area contributed by atoms with Crippen LogP contribution in [0.25, 0.3) is 5.69 Å². The van der Waals surface area contributed by atoms with Crippen molar-refractivity contribution < 1.29 is 51.7 Å². The van der Waals surface area contributed by atoms with E-state index in [4.69, 9.17) is 19.3 Å². The third-order valence-corrected chi connectivity index (χ3v) is 8.72. The number of carbonyl (C=O) groups excluding carboxylic acids is 4. The van der Waals surface area contributed by atoms with Gasteiger partial charge in [0.2, 0.25) is 27.4 Å². The molecule has 1 aliphatic heterocycles. The minimum Gasteiger partial charge on any atom is -0.481 e. The van der Waals surface area contributed by atoms with Gasteiger partial charge in [-0.25, -0.2) is 27.8 Å². The number of carboxylic acids is 1. The Morgan fingerprint density at radius 2 is 1.62 bits per heavy atom. The number of rotatable bonds is 13. The molecule has 1 aromatic heterocycles. The molecule has 47 heavy (non-hydrogen) atoms. The smallest absolute Gasteiger partial charge is 0.409 e.